The van der Waals surface area contributed by atoms with Crippen LogP contribution in [0.5, 0.6) is 0 Å². The Bertz CT molecular complexity index is 640. The summed E-state index contributed by atoms with van der Waals surface area (Å²) < 4.78 is 0. The second-order valence-electron chi connectivity index (χ2n) is 4.63. The van der Waals surface area contributed by atoms with E-state index >= 15 is 0 Å². The number of aromatic nitrogens is 4. The van der Waals surface area contributed by atoms with Crippen molar-refractivity contribution in [1.82, 2.24) is 19.9 Å². The molecule has 0 saturated carbocycles. The average molecular weight is 292 g/mol. The third kappa shape index (κ3) is 3.76. The summed E-state index contributed by atoms with van der Waals surface area (Å²) in [6.45, 7) is 1.22. The average Bonchev–Trinajstić information content (AvgIpc) is 2.61. The number of anilines is 2. The van der Waals surface area contributed by atoms with Crippen molar-refractivity contribution in [2.45, 2.75) is 13.1 Å². The topological polar surface area (TPSA) is 75.6 Å². The van der Waals surface area contributed by atoms with Crippen LogP contribution in [0.25, 0.3) is 0 Å². The SMILES string of the molecule is c1ccc(CNc2cncnc2NCc2ccccn2)nc1. The molecule has 6 heteroatoms. The Morgan fingerprint density at radius 2 is 1.45 bits per heavy atom. The minimum Gasteiger partial charge on any atom is -0.375 e. The molecule has 0 amide bonds. The molecule has 2 N–H and O–H groups in total. The van der Waals surface area contributed by atoms with Gasteiger partial charge in [0.25, 0.3) is 0 Å². The van der Waals surface area contributed by atoms with Crippen molar-refractivity contribution in [2.75, 3.05) is 10.6 Å². The largest absolute Gasteiger partial charge is 0.375 e. The number of pyridine rings is 2. The lowest BCUT2D eigenvalue weighted by molar-refractivity contribution is 1.00. The van der Waals surface area contributed by atoms with Gasteiger partial charge in [0.1, 0.15) is 6.33 Å². The third-order valence-electron chi connectivity index (χ3n) is 3.06. The Morgan fingerprint density at radius 1 is 0.773 bits per heavy atom. The van der Waals surface area contributed by atoms with Crippen LogP contribution in [0.4, 0.5) is 11.5 Å². The van der Waals surface area contributed by atoms with E-state index in [1.807, 2.05) is 36.4 Å². The van der Waals surface area contributed by atoms with Crippen LogP contribution in [0.2, 0.25) is 0 Å². The Morgan fingerprint density at radius 3 is 2.09 bits per heavy atom. The number of nitrogens with zero attached hydrogens (tertiary/aromatic N) is 4. The van der Waals surface area contributed by atoms with Crippen molar-refractivity contribution in [2.24, 2.45) is 0 Å². The minimum absolute atomic E-state index is 0.607. The molecule has 3 rings (SSSR count). The fraction of sp³-hybridized carbons (Fsp3) is 0.125. The summed E-state index contributed by atoms with van der Waals surface area (Å²) in [7, 11) is 0. The maximum Gasteiger partial charge on any atom is 0.153 e. The van der Waals surface area contributed by atoms with E-state index in [-0.39, 0.29) is 0 Å². The quantitative estimate of drug-likeness (QED) is 0.727. The number of nitrogens with one attached hydrogen (secondary N) is 2. The smallest absolute Gasteiger partial charge is 0.153 e. The first kappa shape index (κ1) is 13.9. The molecular formula is C16H16N6. The highest BCUT2D eigenvalue weighted by molar-refractivity contribution is 5.62. The summed E-state index contributed by atoms with van der Waals surface area (Å²) in [6, 6.07) is 11.7. The standard InChI is InChI=1S/C16H16N6/c1-3-7-18-13(5-1)9-20-15-11-17-12-22-16(15)21-10-14-6-2-4-8-19-14/h1-8,11-12,20H,9-10H2,(H,17,21,22). The molecule has 0 bridgehead atoms. The molecule has 0 unspecified atom stereocenters. The van der Waals surface area contributed by atoms with Gasteiger partial charge in [-0.1, -0.05) is 12.1 Å². The molecule has 0 spiro atoms. The molecule has 0 atom stereocenters. The van der Waals surface area contributed by atoms with Crippen molar-refractivity contribution in [1.29, 1.82) is 0 Å². The van der Waals surface area contributed by atoms with Crippen LogP contribution in [0, 0.1) is 0 Å². The monoisotopic (exact) mass is 292 g/mol. The van der Waals surface area contributed by atoms with Crippen LogP contribution in [0.1, 0.15) is 11.4 Å². The second-order valence-corrected chi connectivity index (χ2v) is 4.63. The lowest BCUT2D eigenvalue weighted by Crippen LogP contribution is -2.08. The van der Waals surface area contributed by atoms with Gasteiger partial charge in [-0.3, -0.25) is 9.97 Å². The minimum atomic E-state index is 0.607. The Labute approximate surface area is 128 Å². The number of hydrogen-bond donors (Lipinski definition) is 2. The van der Waals surface area contributed by atoms with Gasteiger partial charge in [0.05, 0.1) is 36.4 Å². The van der Waals surface area contributed by atoms with E-state index in [4.69, 9.17) is 0 Å². The van der Waals surface area contributed by atoms with Crippen LogP contribution in [-0.4, -0.2) is 19.9 Å². The van der Waals surface area contributed by atoms with Crippen molar-refractivity contribution >= 4 is 11.5 Å². The highest BCUT2D eigenvalue weighted by Crippen LogP contribution is 2.17. The van der Waals surface area contributed by atoms with E-state index in [0.29, 0.717) is 13.1 Å². The van der Waals surface area contributed by atoms with Crippen LogP contribution in [0.15, 0.2) is 61.3 Å². The molecule has 3 heterocycles. The maximum atomic E-state index is 4.28. The van der Waals surface area contributed by atoms with Crippen LogP contribution in [-0.2, 0) is 13.1 Å². The molecule has 0 aliphatic heterocycles. The van der Waals surface area contributed by atoms with Crippen molar-refractivity contribution < 1.29 is 0 Å². The van der Waals surface area contributed by atoms with Gasteiger partial charge in [-0.05, 0) is 24.3 Å². The van der Waals surface area contributed by atoms with Crippen LogP contribution in [0.3, 0.4) is 0 Å². The van der Waals surface area contributed by atoms with Gasteiger partial charge >= 0.3 is 0 Å². The second kappa shape index (κ2) is 7.12. The molecule has 0 aliphatic carbocycles. The molecule has 0 aliphatic rings. The zero-order valence-electron chi connectivity index (χ0n) is 12.0. The van der Waals surface area contributed by atoms with Crippen LogP contribution < -0.4 is 10.6 Å². The van der Waals surface area contributed by atoms with Gasteiger partial charge in [0.15, 0.2) is 5.82 Å². The van der Waals surface area contributed by atoms with E-state index in [1.165, 1.54) is 6.33 Å². The molecule has 22 heavy (non-hydrogen) atoms. The fourth-order valence-electron chi connectivity index (χ4n) is 1.97. The van der Waals surface area contributed by atoms with Gasteiger partial charge in [0.2, 0.25) is 0 Å². The fourth-order valence-corrected chi connectivity index (χ4v) is 1.97. The number of hydrogen-bond acceptors (Lipinski definition) is 6. The Hall–Kier alpha value is -3.02. The zero-order valence-corrected chi connectivity index (χ0v) is 12.0. The molecule has 0 saturated heterocycles. The van der Waals surface area contributed by atoms with E-state index < -0.39 is 0 Å². The Balaban J connectivity index is 1.65. The van der Waals surface area contributed by atoms with Gasteiger partial charge in [0, 0.05) is 12.4 Å². The van der Waals surface area contributed by atoms with Gasteiger partial charge < -0.3 is 10.6 Å². The van der Waals surface area contributed by atoms with Crippen molar-refractivity contribution in [3.8, 4) is 0 Å². The molecule has 0 radical (unpaired) electrons. The third-order valence-corrected chi connectivity index (χ3v) is 3.06. The van der Waals surface area contributed by atoms with E-state index in [9.17, 15) is 0 Å². The molecular weight excluding hydrogens is 276 g/mol. The normalized spacial score (nSPS) is 10.2. The molecule has 0 fully saturated rings. The Kier molecular flexibility index (Phi) is 4.51. The summed E-state index contributed by atoms with van der Waals surface area (Å²) in [4.78, 5) is 16.9. The lowest BCUT2D eigenvalue weighted by Gasteiger charge is -2.11. The van der Waals surface area contributed by atoms with Crippen molar-refractivity contribution in [3.05, 3.63) is 72.7 Å². The highest BCUT2D eigenvalue weighted by atomic mass is 15.1. The molecule has 110 valence electrons. The summed E-state index contributed by atoms with van der Waals surface area (Å²) >= 11 is 0. The maximum absolute atomic E-state index is 4.28. The van der Waals surface area contributed by atoms with Gasteiger partial charge in [-0.2, -0.15) is 0 Å². The molecule has 0 aromatic carbocycles. The molecule has 3 aromatic rings. The van der Waals surface area contributed by atoms with Crippen LogP contribution >= 0.6 is 0 Å². The van der Waals surface area contributed by atoms with Gasteiger partial charge in [-0.15, -0.1) is 0 Å². The predicted octanol–water partition coefficient (Wildman–Crippen LogP) is 2.49. The van der Waals surface area contributed by atoms with E-state index in [0.717, 1.165) is 22.9 Å². The first-order valence-corrected chi connectivity index (χ1v) is 6.99. The predicted molar refractivity (Wildman–Crippen MR) is 85.2 cm³/mol. The summed E-state index contributed by atoms with van der Waals surface area (Å²) in [5.41, 5.74) is 2.75. The first-order chi connectivity index (χ1) is 10.9. The molecule has 6 nitrogen and oxygen atoms in total. The van der Waals surface area contributed by atoms with Crippen molar-refractivity contribution in [3.63, 3.8) is 0 Å². The first-order valence-electron chi connectivity index (χ1n) is 6.99. The summed E-state index contributed by atoms with van der Waals surface area (Å²) in [5.74, 6) is 0.747. The van der Waals surface area contributed by atoms with E-state index in [2.05, 4.69) is 30.6 Å². The summed E-state index contributed by atoms with van der Waals surface area (Å²) in [6.07, 6.45) is 6.82. The molecule has 3 aromatic heterocycles. The number of rotatable bonds is 6. The summed E-state index contributed by atoms with van der Waals surface area (Å²) in [5, 5.41) is 6.56. The highest BCUT2D eigenvalue weighted by Gasteiger charge is 2.04. The lowest BCUT2D eigenvalue weighted by atomic mass is 10.3. The van der Waals surface area contributed by atoms with E-state index in [1.54, 1.807) is 18.6 Å². The van der Waals surface area contributed by atoms with Gasteiger partial charge in [-0.25, -0.2) is 9.97 Å². The zero-order chi connectivity index (χ0) is 15.0.